The van der Waals surface area contributed by atoms with E-state index in [1.807, 2.05) is 19.1 Å². The fourth-order valence-electron chi connectivity index (χ4n) is 1.24. The molecule has 0 aliphatic carbocycles. The van der Waals surface area contributed by atoms with E-state index in [2.05, 4.69) is 16.8 Å². The molecule has 86 valence electrons. The van der Waals surface area contributed by atoms with E-state index in [4.69, 9.17) is 4.74 Å². The number of rotatable bonds is 5. The van der Waals surface area contributed by atoms with E-state index in [1.165, 1.54) is 0 Å². The van der Waals surface area contributed by atoms with Crippen molar-refractivity contribution in [1.29, 1.82) is 0 Å². The molecule has 1 rings (SSSR count). The van der Waals surface area contributed by atoms with Crippen molar-refractivity contribution in [3.05, 3.63) is 30.1 Å². The maximum Gasteiger partial charge on any atom is 0.154 e. The number of aliphatic hydroxyl groups excluding tert-OH is 1. The molecule has 0 radical (unpaired) electrons. The molecule has 0 saturated carbocycles. The van der Waals surface area contributed by atoms with E-state index in [1.54, 1.807) is 12.4 Å². The van der Waals surface area contributed by atoms with Crippen LogP contribution in [0, 0.1) is 11.8 Å². The normalized spacial score (nSPS) is 11.6. The Morgan fingerprint density at radius 2 is 2.19 bits per heavy atom. The van der Waals surface area contributed by atoms with Crippen molar-refractivity contribution in [1.82, 2.24) is 4.98 Å². The first kappa shape index (κ1) is 12.7. The van der Waals surface area contributed by atoms with E-state index < -0.39 is 6.29 Å². The van der Waals surface area contributed by atoms with E-state index in [0.29, 0.717) is 13.0 Å². The van der Waals surface area contributed by atoms with Gasteiger partial charge in [0, 0.05) is 31.0 Å². The van der Waals surface area contributed by atoms with E-state index in [-0.39, 0.29) is 0 Å². The van der Waals surface area contributed by atoms with Crippen LogP contribution in [0.5, 0.6) is 0 Å². The minimum atomic E-state index is -0.646. The van der Waals surface area contributed by atoms with Crippen molar-refractivity contribution in [2.75, 3.05) is 6.61 Å². The molecule has 0 aliphatic rings. The first-order valence-corrected chi connectivity index (χ1v) is 5.51. The monoisotopic (exact) mass is 219 g/mol. The van der Waals surface area contributed by atoms with Crippen LogP contribution in [0.4, 0.5) is 0 Å². The Hall–Kier alpha value is -1.37. The van der Waals surface area contributed by atoms with Gasteiger partial charge in [-0.3, -0.25) is 4.98 Å². The smallest absolute Gasteiger partial charge is 0.154 e. The molecule has 3 heteroatoms. The van der Waals surface area contributed by atoms with Crippen LogP contribution in [0.15, 0.2) is 24.5 Å². The molecule has 0 bridgehead atoms. The molecule has 1 aromatic heterocycles. The summed E-state index contributed by atoms with van der Waals surface area (Å²) >= 11 is 0. The standard InChI is InChI=1S/C13H17NO2/c1-2-16-13(15)7-5-3-4-6-12-8-10-14-11-9-12/h8-11,13,15H,2-3,5,7H2,1H3. The third-order valence-corrected chi connectivity index (χ3v) is 2.02. The Labute approximate surface area is 96.5 Å². The van der Waals surface area contributed by atoms with Gasteiger partial charge >= 0.3 is 0 Å². The lowest BCUT2D eigenvalue weighted by Gasteiger charge is -2.07. The molecule has 1 atom stereocenters. The van der Waals surface area contributed by atoms with Crippen LogP contribution >= 0.6 is 0 Å². The molecule has 0 amide bonds. The van der Waals surface area contributed by atoms with Crippen molar-refractivity contribution >= 4 is 0 Å². The van der Waals surface area contributed by atoms with Gasteiger partial charge in [0.1, 0.15) is 0 Å². The molecule has 0 saturated heterocycles. The van der Waals surface area contributed by atoms with Gasteiger partial charge < -0.3 is 9.84 Å². The zero-order chi connectivity index (χ0) is 11.6. The molecule has 0 aliphatic heterocycles. The molecule has 0 aromatic carbocycles. The summed E-state index contributed by atoms with van der Waals surface area (Å²) in [7, 11) is 0. The topological polar surface area (TPSA) is 42.4 Å². The molecule has 1 N–H and O–H groups in total. The van der Waals surface area contributed by atoms with Gasteiger partial charge in [0.25, 0.3) is 0 Å². The lowest BCUT2D eigenvalue weighted by Crippen LogP contribution is -2.10. The average Bonchev–Trinajstić information content (AvgIpc) is 2.30. The van der Waals surface area contributed by atoms with Crippen molar-refractivity contribution in [3.8, 4) is 11.8 Å². The number of hydrogen-bond donors (Lipinski definition) is 1. The summed E-state index contributed by atoms with van der Waals surface area (Å²) in [5, 5.41) is 9.29. The number of unbranched alkanes of at least 4 members (excludes halogenated alkanes) is 1. The van der Waals surface area contributed by atoms with Crippen LogP contribution in [0.2, 0.25) is 0 Å². The highest BCUT2D eigenvalue weighted by atomic mass is 16.6. The van der Waals surface area contributed by atoms with Gasteiger partial charge in [-0.25, -0.2) is 0 Å². The number of hydrogen-bond acceptors (Lipinski definition) is 3. The number of aromatic nitrogens is 1. The highest BCUT2D eigenvalue weighted by Gasteiger charge is 2.00. The summed E-state index contributed by atoms with van der Waals surface area (Å²) < 4.78 is 5.01. The molecule has 0 spiro atoms. The fraction of sp³-hybridized carbons (Fsp3) is 0.462. The van der Waals surface area contributed by atoms with Gasteiger partial charge in [-0.05, 0) is 31.9 Å². The number of pyridine rings is 1. The summed E-state index contributed by atoms with van der Waals surface area (Å²) in [6.45, 7) is 2.41. The van der Waals surface area contributed by atoms with Gasteiger partial charge in [0.05, 0.1) is 0 Å². The summed E-state index contributed by atoms with van der Waals surface area (Å²) in [6, 6.07) is 3.75. The second kappa shape index (κ2) is 7.86. The zero-order valence-electron chi connectivity index (χ0n) is 9.52. The maximum atomic E-state index is 9.29. The van der Waals surface area contributed by atoms with Crippen molar-refractivity contribution < 1.29 is 9.84 Å². The van der Waals surface area contributed by atoms with Gasteiger partial charge in [0.15, 0.2) is 6.29 Å². The molecular weight excluding hydrogens is 202 g/mol. The summed E-state index contributed by atoms with van der Waals surface area (Å²) in [4.78, 5) is 3.92. The van der Waals surface area contributed by atoms with Gasteiger partial charge in [-0.1, -0.05) is 11.8 Å². The third-order valence-electron chi connectivity index (χ3n) is 2.02. The lowest BCUT2D eigenvalue weighted by atomic mass is 10.2. The third kappa shape index (κ3) is 5.50. The molecule has 1 unspecified atom stereocenters. The Bertz CT molecular complexity index is 340. The van der Waals surface area contributed by atoms with Crippen LogP contribution in [-0.4, -0.2) is 23.0 Å². The highest BCUT2D eigenvalue weighted by Crippen LogP contribution is 2.01. The fourth-order valence-corrected chi connectivity index (χ4v) is 1.24. The summed E-state index contributed by atoms with van der Waals surface area (Å²) in [5.74, 6) is 6.09. The Balaban J connectivity index is 2.19. The molecule has 1 heterocycles. The Kier molecular flexibility index (Phi) is 6.24. The van der Waals surface area contributed by atoms with E-state index in [9.17, 15) is 5.11 Å². The minimum absolute atomic E-state index is 0.545. The molecule has 0 fully saturated rings. The van der Waals surface area contributed by atoms with E-state index >= 15 is 0 Å². The quantitative estimate of drug-likeness (QED) is 0.467. The molecule has 3 nitrogen and oxygen atoms in total. The Morgan fingerprint density at radius 3 is 2.88 bits per heavy atom. The van der Waals surface area contributed by atoms with E-state index in [0.717, 1.165) is 18.4 Å². The minimum Gasteiger partial charge on any atom is -0.368 e. The summed E-state index contributed by atoms with van der Waals surface area (Å²) in [6.07, 6.45) is 5.06. The predicted molar refractivity (Wildman–Crippen MR) is 62.6 cm³/mol. The van der Waals surface area contributed by atoms with Crippen LogP contribution in [0.3, 0.4) is 0 Å². The molecule has 1 aromatic rings. The molecular formula is C13H17NO2. The second-order valence-electron chi connectivity index (χ2n) is 3.34. The van der Waals surface area contributed by atoms with Gasteiger partial charge in [-0.15, -0.1) is 0 Å². The van der Waals surface area contributed by atoms with Crippen LogP contribution in [-0.2, 0) is 4.74 Å². The largest absolute Gasteiger partial charge is 0.368 e. The van der Waals surface area contributed by atoms with Crippen LogP contribution < -0.4 is 0 Å². The van der Waals surface area contributed by atoms with Crippen molar-refractivity contribution in [2.24, 2.45) is 0 Å². The van der Waals surface area contributed by atoms with Crippen molar-refractivity contribution in [3.63, 3.8) is 0 Å². The van der Waals surface area contributed by atoms with Crippen LogP contribution in [0.25, 0.3) is 0 Å². The van der Waals surface area contributed by atoms with Crippen molar-refractivity contribution in [2.45, 2.75) is 32.5 Å². The number of nitrogens with zero attached hydrogens (tertiary/aromatic N) is 1. The van der Waals surface area contributed by atoms with Gasteiger partial charge in [-0.2, -0.15) is 0 Å². The SMILES string of the molecule is CCOC(O)CCCC#Cc1ccncc1. The first-order valence-electron chi connectivity index (χ1n) is 5.51. The van der Waals surface area contributed by atoms with Gasteiger partial charge in [0.2, 0.25) is 0 Å². The predicted octanol–water partition coefficient (Wildman–Crippen LogP) is 1.96. The average molecular weight is 219 g/mol. The first-order chi connectivity index (χ1) is 7.83. The van der Waals surface area contributed by atoms with Crippen LogP contribution in [0.1, 0.15) is 31.7 Å². The zero-order valence-corrected chi connectivity index (χ0v) is 9.52. The lowest BCUT2D eigenvalue weighted by molar-refractivity contribution is -0.0989. The highest BCUT2D eigenvalue weighted by molar-refractivity contribution is 5.31. The number of ether oxygens (including phenoxy) is 1. The maximum absolute atomic E-state index is 9.29. The number of aliphatic hydroxyl groups is 1. The summed E-state index contributed by atoms with van der Waals surface area (Å²) in [5.41, 5.74) is 0.973. The second-order valence-corrected chi connectivity index (χ2v) is 3.34. The Morgan fingerprint density at radius 1 is 1.44 bits per heavy atom. The molecule has 16 heavy (non-hydrogen) atoms.